The zero-order valence-electron chi connectivity index (χ0n) is 9.31. The highest BCUT2D eigenvalue weighted by Crippen LogP contribution is 2.30. The molecule has 10 heteroatoms. The number of carbonyl (C=O) groups is 2. The molecule has 0 spiro atoms. The Morgan fingerprint density at radius 1 is 1.61 bits per heavy atom. The number of nitrogens with zero attached hydrogens (tertiary/aromatic N) is 2. The summed E-state index contributed by atoms with van der Waals surface area (Å²) >= 11 is 0. The second kappa shape index (κ2) is 3.93. The van der Waals surface area contributed by atoms with Crippen LogP contribution in [0.2, 0.25) is 0 Å². The maximum absolute atomic E-state index is 11.8. The number of rotatable bonds is 3. The molecule has 2 atom stereocenters. The molecule has 2 bridgehead atoms. The average molecular weight is 277 g/mol. The molecule has 2 rings (SSSR count). The molecular weight excluding hydrogens is 266 g/mol. The predicted octanol–water partition coefficient (Wildman–Crippen LogP) is -1.36. The van der Waals surface area contributed by atoms with Crippen molar-refractivity contribution in [2.24, 2.45) is 5.73 Å². The SMILES string of the molecule is CC1=C[C@@H](C(N)=O)N2C[C@@H]1N(OS(=O)(=O)O)C2=O. The number of urea groups is 1. The van der Waals surface area contributed by atoms with Crippen molar-refractivity contribution in [3.63, 3.8) is 0 Å². The zero-order valence-corrected chi connectivity index (χ0v) is 10.1. The number of carbonyl (C=O) groups excluding carboxylic acids is 2. The van der Waals surface area contributed by atoms with Gasteiger partial charge in [0.15, 0.2) is 0 Å². The lowest BCUT2D eigenvalue weighted by Crippen LogP contribution is -2.46. The van der Waals surface area contributed by atoms with Crippen LogP contribution in [0.25, 0.3) is 0 Å². The van der Waals surface area contributed by atoms with Gasteiger partial charge in [-0.15, -0.1) is 4.28 Å². The van der Waals surface area contributed by atoms with Crippen LogP contribution < -0.4 is 5.73 Å². The smallest absolute Gasteiger partial charge is 0.368 e. The molecule has 9 nitrogen and oxygen atoms in total. The van der Waals surface area contributed by atoms with Crippen molar-refractivity contribution >= 4 is 22.3 Å². The summed E-state index contributed by atoms with van der Waals surface area (Å²) in [5.74, 6) is -0.727. The van der Waals surface area contributed by atoms with E-state index in [1.807, 2.05) is 0 Å². The summed E-state index contributed by atoms with van der Waals surface area (Å²) in [6, 6.07) is -2.45. The quantitative estimate of drug-likeness (QED) is 0.484. The first-order valence-electron chi connectivity index (χ1n) is 4.95. The second-order valence-electron chi connectivity index (χ2n) is 4.04. The molecule has 0 saturated carbocycles. The molecule has 100 valence electrons. The number of amides is 3. The molecule has 18 heavy (non-hydrogen) atoms. The maximum atomic E-state index is 11.8. The van der Waals surface area contributed by atoms with Crippen LogP contribution in [0, 0.1) is 0 Å². The third kappa shape index (κ3) is 2.05. The van der Waals surface area contributed by atoms with Gasteiger partial charge in [-0.2, -0.15) is 13.5 Å². The van der Waals surface area contributed by atoms with Gasteiger partial charge in [-0.25, -0.2) is 4.79 Å². The summed E-state index contributed by atoms with van der Waals surface area (Å²) in [5.41, 5.74) is 5.70. The molecule has 3 N–H and O–H groups in total. The van der Waals surface area contributed by atoms with E-state index in [1.165, 1.54) is 6.08 Å². The van der Waals surface area contributed by atoms with E-state index in [1.54, 1.807) is 6.92 Å². The Bertz CT molecular complexity index is 541. The minimum absolute atomic E-state index is 0.0737. The molecule has 2 heterocycles. The molecule has 0 aromatic carbocycles. The number of hydrogen-bond acceptors (Lipinski definition) is 5. The summed E-state index contributed by atoms with van der Waals surface area (Å²) in [4.78, 5) is 24.1. The van der Waals surface area contributed by atoms with Gasteiger partial charge in [0.2, 0.25) is 5.91 Å². The first-order chi connectivity index (χ1) is 8.20. The third-order valence-electron chi connectivity index (χ3n) is 2.84. The summed E-state index contributed by atoms with van der Waals surface area (Å²) in [6.07, 6.45) is 1.46. The van der Waals surface area contributed by atoms with Crippen molar-refractivity contribution in [1.29, 1.82) is 0 Å². The number of nitrogens with two attached hydrogens (primary N) is 1. The molecule has 0 aromatic heterocycles. The molecular formula is C8H11N3O6S. The van der Waals surface area contributed by atoms with Crippen molar-refractivity contribution in [3.05, 3.63) is 11.6 Å². The Morgan fingerprint density at radius 3 is 2.72 bits per heavy atom. The molecule has 3 amide bonds. The van der Waals surface area contributed by atoms with Gasteiger partial charge in [-0.05, 0) is 12.5 Å². The first-order valence-corrected chi connectivity index (χ1v) is 6.31. The monoisotopic (exact) mass is 277 g/mol. The van der Waals surface area contributed by atoms with Crippen LogP contribution in [0.5, 0.6) is 0 Å². The summed E-state index contributed by atoms with van der Waals surface area (Å²) in [5, 5.41) is 0.518. The summed E-state index contributed by atoms with van der Waals surface area (Å²) < 4.78 is 34.1. The zero-order chi connectivity index (χ0) is 13.7. The van der Waals surface area contributed by atoms with E-state index in [-0.39, 0.29) is 6.54 Å². The fourth-order valence-electron chi connectivity index (χ4n) is 2.03. The lowest BCUT2D eigenvalue weighted by Gasteiger charge is -2.25. The highest BCUT2D eigenvalue weighted by atomic mass is 32.3. The van der Waals surface area contributed by atoms with E-state index in [9.17, 15) is 18.0 Å². The van der Waals surface area contributed by atoms with E-state index in [0.29, 0.717) is 10.6 Å². The van der Waals surface area contributed by atoms with Crippen molar-refractivity contribution < 1.29 is 26.8 Å². The summed E-state index contributed by atoms with van der Waals surface area (Å²) in [6.45, 7) is 1.68. The molecule has 0 aromatic rings. The lowest BCUT2D eigenvalue weighted by molar-refractivity contribution is -0.120. The van der Waals surface area contributed by atoms with Gasteiger partial charge in [0.25, 0.3) is 0 Å². The van der Waals surface area contributed by atoms with Crippen LogP contribution in [-0.4, -0.2) is 53.5 Å². The minimum Gasteiger partial charge on any atom is -0.368 e. The van der Waals surface area contributed by atoms with Crippen molar-refractivity contribution in [2.45, 2.75) is 19.0 Å². The van der Waals surface area contributed by atoms with Gasteiger partial charge in [-0.1, -0.05) is 6.08 Å². The number of hydroxylamine groups is 2. The van der Waals surface area contributed by atoms with Gasteiger partial charge >= 0.3 is 16.4 Å². The third-order valence-corrected chi connectivity index (χ3v) is 3.18. The molecule has 0 unspecified atom stereocenters. The van der Waals surface area contributed by atoms with Crippen LogP contribution in [-0.2, 0) is 19.5 Å². The topological polar surface area (TPSA) is 130 Å². The summed E-state index contributed by atoms with van der Waals surface area (Å²) in [7, 11) is -4.81. The van der Waals surface area contributed by atoms with Gasteiger partial charge in [0, 0.05) is 0 Å². The van der Waals surface area contributed by atoms with Crippen LogP contribution in [0.3, 0.4) is 0 Å². The number of fused-ring (bicyclic) bond motifs is 2. The molecule has 1 fully saturated rings. The van der Waals surface area contributed by atoms with Gasteiger partial charge in [0.05, 0.1) is 6.54 Å². The fraction of sp³-hybridized carbons (Fsp3) is 0.500. The Morgan fingerprint density at radius 2 is 2.22 bits per heavy atom. The van der Waals surface area contributed by atoms with Crippen molar-refractivity contribution in [3.8, 4) is 0 Å². The van der Waals surface area contributed by atoms with E-state index in [2.05, 4.69) is 4.28 Å². The first kappa shape index (κ1) is 12.8. The second-order valence-corrected chi connectivity index (χ2v) is 5.04. The van der Waals surface area contributed by atoms with Crippen LogP contribution in [0.1, 0.15) is 6.92 Å². The molecule has 2 aliphatic heterocycles. The molecule has 2 aliphatic rings. The number of primary amides is 1. The Balaban J connectivity index is 2.34. The van der Waals surface area contributed by atoms with E-state index >= 15 is 0 Å². The van der Waals surface area contributed by atoms with E-state index in [0.717, 1.165) is 4.90 Å². The van der Waals surface area contributed by atoms with Gasteiger partial charge in [-0.3, -0.25) is 9.35 Å². The molecule has 0 aliphatic carbocycles. The molecule has 1 saturated heterocycles. The van der Waals surface area contributed by atoms with Crippen molar-refractivity contribution in [1.82, 2.24) is 9.96 Å². The minimum atomic E-state index is -4.81. The lowest BCUT2D eigenvalue weighted by atomic mass is 10.0. The Labute approximate surface area is 103 Å². The van der Waals surface area contributed by atoms with Crippen LogP contribution >= 0.6 is 0 Å². The number of hydrogen-bond donors (Lipinski definition) is 2. The average Bonchev–Trinajstić information content (AvgIpc) is 2.47. The van der Waals surface area contributed by atoms with E-state index in [4.69, 9.17) is 10.3 Å². The largest absolute Gasteiger partial charge is 0.418 e. The standard InChI is InChI=1S/C8H11N3O6S/c1-4-2-5(7(9)12)10-3-6(4)11(8(10)13)17-18(14,15)16/h2,5-6H,3H2,1H3,(H2,9,12)(H,14,15,16)/t5-,6-/m0/s1. The normalized spacial score (nSPS) is 27.4. The predicted molar refractivity (Wildman–Crippen MR) is 57.1 cm³/mol. The van der Waals surface area contributed by atoms with Gasteiger partial charge in [0.1, 0.15) is 12.1 Å². The van der Waals surface area contributed by atoms with Crippen LogP contribution in [0.4, 0.5) is 4.79 Å². The highest BCUT2D eigenvalue weighted by Gasteiger charge is 2.48. The van der Waals surface area contributed by atoms with Gasteiger partial charge < -0.3 is 10.6 Å². The van der Waals surface area contributed by atoms with Crippen LogP contribution in [0.15, 0.2) is 11.6 Å². The Hall–Kier alpha value is -1.65. The Kier molecular flexibility index (Phi) is 2.80. The highest BCUT2D eigenvalue weighted by molar-refractivity contribution is 7.80. The fourth-order valence-corrected chi connectivity index (χ4v) is 2.40. The van der Waals surface area contributed by atoms with E-state index < -0.39 is 34.4 Å². The maximum Gasteiger partial charge on any atom is 0.418 e. The molecule has 0 radical (unpaired) electrons. The van der Waals surface area contributed by atoms with Crippen molar-refractivity contribution in [2.75, 3.05) is 6.54 Å².